The largest absolute Gasteiger partial charge is 0.497 e. The predicted octanol–water partition coefficient (Wildman–Crippen LogP) is 2.73. The highest BCUT2D eigenvalue weighted by molar-refractivity contribution is 5.80. The van der Waals surface area contributed by atoms with Crippen molar-refractivity contribution in [3.8, 4) is 11.5 Å². The standard InChI is InChI=1S/C18H27F2N3O3/c1-4-25-12-13-7-8-23(11-13)18(21-2)22-10-14-5-6-15(24-3)9-16(14)26-17(19)20/h5-6,9,13,17H,4,7-8,10-12H2,1-3H3,(H,21,22). The molecule has 2 rings (SSSR count). The Balaban J connectivity index is 1.98. The average molecular weight is 371 g/mol. The second-order valence-corrected chi connectivity index (χ2v) is 6.01. The molecule has 146 valence electrons. The Morgan fingerprint density at radius 2 is 2.23 bits per heavy atom. The van der Waals surface area contributed by atoms with Crippen molar-refractivity contribution in [3.05, 3.63) is 23.8 Å². The van der Waals surface area contributed by atoms with Crippen molar-refractivity contribution >= 4 is 5.96 Å². The number of ether oxygens (including phenoxy) is 3. The van der Waals surface area contributed by atoms with Crippen LogP contribution in [0, 0.1) is 5.92 Å². The Kier molecular flexibility index (Phi) is 7.90. The highest BCUT2D eigenvalue weighted by Crippen LogP contribution is 2.26. The first-order valence-corrected chi connectivity index (χ1v) is 8.72. The summed E-state index contributed by atoms with van der Waals surface area (Å²) in [4.78, 5) is 6.45. The van der Waals surface area contributed by atoms with Gasteiger partial charge in [-0.3, -0.25) is 4.99 Å². The fraction of sp³-hybridized carbons (Fsp3) is 0.611. The van der Waals surface area contributed by atoms with E-state index in [9.17, 15) is 8.78 Å². The summed E-state index contributed by atoms with van der Waals surface area (Å²) in [5, 5.41) is 3.22. The van der Waals surface area contributed by atoms with Gasteiger partial charge in [0.1, 0.15) is 11.5 Å². The molecule has 1 aliphatic rings. The fourth-order valence-electron chi connectivity index (χ4n) is 2.97. The number of benzene rings is 1. The SMILES string of the molecule is CCOCC1CCN(C(=NC)NCc2ccc(OC)cc2OC(F)F)C1. The first-order chi connectivity index (χ1) is 12.6. The minimum atomic E-state index is -2.89. The molecule has 1 aliphatic heterocycles. The molecule has 1 heterocycles. The molecule has 1 aromatic rings. The van der Waals surface area contributed by atoms with Crippen LogP contribution >= 0.6 is 0 Å². The zero-order valence-corrected chi connectivity index (χ0v) is 15.5. The third kappa shape index (κ3) is 5.72. The van der Waals surface area contributed by atoms with Crippen molar-refractivity contribution in [2.45, 2.75) is 26.5 Å². The molecule has 26 heavy (non-hydrogen) atoms. The van der Waals surface area contributed by atoms with Crippen LogP contribution in [0.3, 0.4) is 0 Å². The van der Waals surface area contributed by atoms with E-state index < -0.39 is 6.61 Å². The summed E-state index contributed by atoms with van der Waals surface area (Å²) in [6.07, 6.45) is 1.04. The Bertz CT molecular complexity index is 599. The number of halogens is 2. The molecular weight excluding hydrogens is 344 g/mol. The van der Waals surface area contributed by atoms with Gasteiger partial charge in [-0.15, -0.1) is 0 Å². The van der Waals surface area contributed by atoms with E-state index in [1.165, 1.54) is 13.2 Å². The van der Waals surface area contributed by atoms with Crippen LogP contribution in [0.4, 0.5) is 8.78 Å². The molecule has 0 amide bonds. The zero-order chi connectivity index (χ0) is 18.9. The van der Waals surface area contributed by atoms with Gasteiger partial charge in [-0.1, -0.05) is 0 Å². The number of aliphatic imine (C=N–C) groups is 1. The normalized spacial score (nSPS) is 17.7. The fourth-order valence-corrected chi connectivity index (χ4v) is 2.97. The third-order valence-electron chi connectivity index (χ3n) is 4.28. The molecule has 1 saturated heterocycles. The van der Waals surface area contributed by atoms with Crippen LogP contribution in [0.5, 0.6) is 11.5 Å². The summed E-state index contributed by atoms with van der Waals surface area (Å²) in [5.41, 5.74) is 0.609. The second-order valence-electron chi connectivity index (χ2n) is 6.01. The highest BCUT2D eigenvalue weighted by atomic mass is 19.3. The molecule has 0 radical (unpaired) electrons. The first-order valence-electron chi connectivity index (χ1n) is 8.72. The van der Waals surface area contributed by atoms with E-state index in [0.717, 1.165) is 32.1 Å². The van der Waals surface area contributed by atoms with Gasteiger partial charge in [-0.05, 0) is 25.5 Å². The van der Waals surface area contributed by atoms with Gasteiger partial charge in [0.25, 0.3) is 0 Å². The number of likely N-dealkylation sites (tertiary alicyclic amines) is 1. The highest BCUT2D eigenvalue weighted by Gasteiger charge is 2.25. The van der Waals surface area contributed by atoms with E-state index in [-0.39, 0.29) is 5.75 Å². The zero-order valence-electron chi connectivity index (χ0n) is 15.5. The Morgan fingerprint density at radius 3 is 2.88 bits per heavy atom. The van der Waals surface area contributed by atoms with Gasteiger partial charge in [0, 0.05) is 50.8 Å². The van der Waals surface area contributed by atoms with Gasteiger partial charge in [-0.2, -0.15) is 8.78 Å². The topological polar surface area (TPSA) is 55.3 Å². The lowest BCUT2D eigenvalue weighted by Crippen LogP contribution is -2.40. The number of hydrogen-bond donors (Lipinski definition) is 1. The van der Waals surface area contributed by atoms with Crippen LogP contribution in [0.1, 0.15) is 18.9 Å². The first kappa shape index (κ1) is 20.2. The Hall–Kier alpha value is -2.09. The van der Waals surface area contributed by atoms with Gasteiger partial charge in [-0.25, -0.2) is 0 Å². The molecule has 1 N–H and O–H groups in total. The minimum absolute atomic E-state index is 0.0953. The summed E-state index contributed by atoms with van der Waals surface area (Å²) in [5.74, 6) is 1.78. The number of guanidine groups is 1. The lowest BCUT2D eigenvalue weighted by Gasteiger charge is -2.22. The van der Waals surface area contributed by atoms with E-state index in [0.29, 0.717) is 30.4 Å². The van der Waals surface area contributed by atoms with E-state index in [1.807, 2.05) is 6.92 Å². The van der Waals surface area contributed by atoms with E-state index in [2.05, 4.69) is 19.9 Å². The van der Waals surface area contributed by atoms with E-state index in [4.69, 9.17) is 9.47 Å². The molecule has 1 aromatic carbocycles. The van der Waals surface area contributed by atoms with Gasteiger partial charge < -0.3 is 24.4 Å². The van der Waals surface area contributed by atoms with Crippen molar-refractivity contribution in [2.24, 2.45) is 10.9 Å². The van der Waals surface area contributed by atoms with Crippen LogP contribution in [0.15, 0.2) is 23.2 Å². The molecule has 0 saturated carbocycles. The van der Waals surface area contributed by atoms with Crippen LogP contribution < -0.4 is 14.8 Å². The van der Waals surface area contributed by atoms with Crippen molar-refractivity contribution in [1.29, 1.82) is 0 Å². The van der Waals surface area contributed by atoms with Gasteiger partial charge in [0.15, 0.2) is 5.96 Å². The van der Waals surface area contributed by atoms with Crippen molar-refractivity contribution in [3.63, 3.8) is 0 Å². The summed E-state index contributed by atoms with van der Waals surface area (Å²) in [6.45, 7) is 2.64. The van der Waals surface area contributed by atoms with Gasteiger partial charge >= 0.3 is 6.61 Å². The number of rotatable bonds is 8. The smallest absolute Gasteiger partial charge is 0.387 e. The maximum atomic E-state index is 12.7. The minimum Gasteiger partial charge on any atom is -0.497 e. The number of nitrogens with zero attached hydrogens (tertiary/aromatic N) is 2. The third-order valence-corrected chi connectivity index (χ3v) is 4.28. The van der Waals surface area contributed by atoms with Gasteiger partial charge in [0.2, 0.25) is 0 Å². The summed E-state index contributed by atoms with van der Waals surface area (Å²) < 4.78 is 40.5. The van der Waals surface area contributed by atoms with Crippen molar-refractivity contribution in [2.75, 3.05) is 40.5 Å². The van der Waals surface area contributed by atoms with E-state index >= 15 is 0 Å². The Morgan fingerprint density at radius 1 is 1.42 bits per heavy atom. The van der Waals surface area contributed by atoms with Crippen LogP contribution in [0.25, 0.3) is 0 Å². The summed E-state index contributed by atoms with van der Waals surface area (Å²) >= 11 is 0. The molecule has 1 unspecified atom stereocenters. The van der Waals surface area contributed by atoms with Crippen LogP contribution in [0.2, 0.25) is 0 Å². The maximum absolute atomic E-state index is 12.7. The summed E-state index contributed by atoms with van der Waals surface area (Å²) in [7, 11) is 3.19. The molecule has 8 heteroatoms. The monoisotopic (exact) mass is 371 g/mol. The predicted molar refractivity (Wildman–Crippen MR) is 96.0 cm³/mol. The van der Waals surface area contributed by atoms with Crippen LogP contribution in [-0.4, -0.2) is 57.9 Å². The van der Waals surface area contributed by atoms with Crippen LogP contribution in [-0.2, 0) is 11.3 Å². The molecule has 1 atom stereocenters. The lowest BCUT2D eigenvalue weighted by atomic mass is 10.1. The molecule has 0 bridgehead atoms. The molecule has 0 aromatic heterocycles. The van der Waals surface area contributed by atoms with Gasteiger partial charge in [0.05, 0.1) is 13.7 Å². The summed E-state index contributed by atoms with van der Waals surface area (Å²) in [6, 6.07) is 4.88. The molecule has 6 nitrogen and oxygen atoms in total. The molecule has 0 spiro atoms. The second kappa shape index (κ2) is 10.2. The molecule has 0 aliphatic carbocycles. The maximum Gasteiger partial charge on any atom is 0.387 e. The van der Waals surface area contributed by atoms with E-state index in [1.54, 1.807) is 19.2 Å². The molecule has 1 fully saturated rings. The average Bonchev–Trinajstić information content (AvgIpc) is 3.09. The number of hydrogen-bond acceptors (Lipinski definition) is 4. The quantitative estimate of drug-likeness (QED) is 0.563. The van der Waals surface area contributed by atoms with Crippen molar-refractivity contribution < 1.29 is 23.0 Å². The molecular formula is C18H27F2N3O3. The number of nitrogens with one attached hydrogen (secondary N) is 1. The Labute approximate surface area is 153 Å². The van der Waals surface area contributed by atoms with Crippen molar-refractivity contribution in [1.82, 2.24) is 10.2 Å². The number of alkyl halides is 2. The lowest BCUT2D eigenvalue weighted by molar-refractivity contribution is -0.0505. The number of methoxy groups -OCH3 is 1.